The summed E-state index contributed by atoms with van der Waals surface area (Å²) in [6.45, 7) is 8.60. The van der Waals surface area contributed by atoms with Crippen molar-refractivity contribution in [2.45, 2.75) is 46.1 Å². The van der Waals surface area contributed by atoms with Gasteiger partial charge in [-0.15, -0.1) is 0 Å². The highest BCUT2D eigenvalue weighted by atomic mass is 16.6. The monoisotopic (exact) mass is 434 g/mol. The van der Waals surface area contributed by atoms with Crippen LogP contribution in [0.5, 0.6) is 5.75 Å². The zero-order chi connectivity index (χ0) is 23.2. The molecule has 9 nitrogen and oxygen atoms in total. The van der Waals surface area contributed by atoms with Crippen molar-refractivity contribution in [1.29, 1.82) is 0 Å². The fourth-order valence-electron chi connectivity index (χ4n) is 3.48. The fourth-order valence-corrected chi connectivity index (χ4v) is 3.48. The molecule has 1 heterocycles. The van der Waals surface area contributed by atoms with Crippen molar-refractivity contribution in [3.8, 4) is 5.75 Å². The van der Waals surface area contributed by atoms with Gasteiger partial charge in [-0.05, 0) is 57.7 Å². The highest BCUT2D eigenvalue weighted by molar-refractivity contribution is 5.94. The van der Waals surface area contributed by atoms with Gasteiger partial charge in [0.2, 0.25) is 5.91 Å². The van der Waals surface area contributed by atoms with Crippen molar-refractivity contribution in [3.63, 3.8) is 0 Å². The van der Waals surface area contributed by atoms with Crippen molar-refractivity contribution < 1.29 is 23.9 Å². The zero-order valence-electron chi connectivity index (χ0n) is 19.3. The lowest BCUT2D eigenvalue weighted by Crippen LogP contribution is -2.46. The third-order valence-electron chi connectivity index (χ3n) is 4.80. The average molecular weight is 435 g/mol. The van der Waals surface area contributed by atoms with Crippen LogP contribution in [0.25, 0.3) is 0 Å². The maximum absolute atomic E-state index is 12.9. The first kappa shape index (κ1) is 24.3. The molecule has 0 saturated carbocycles. The Balaban J connectivity index is 2.00. The van der Waals surface area contributed by atoms with E-state index in [0.29, 0.717) is 36.8 Å². The number of rotatable bonds is 5. The first-order valence-corrected chi connectivity index (χ1v) is 10.4. The molecule has 2 N–H and O–H groups in total. The van der Waals surface area contributed by atoms with E-state index in [4.69, 9.17) is 9.47 Å². The Morgan fingerprint density at radius 2 is 1.94 bits per heavy atom. The van der Waals surface area contributed by atoms with Crippen LogP contribution < -0.4 is 15.4 Å². The van der Waals surface area contributed by atoms with Crippen LogP contribution in [0, 0.1) is 5.92 Å². The van der Waals surface area contributed by atoms with Gasteiger partial charge in [0.05, 0.1) is 12.8 Å². The summed E-state index contributed by atoms with van der Waals surface area (Å²) in [4.78, 5) is 39.8. The van der Waals surface area contributed by atoms with E-state index in [0.717, 1.165) is 12.8 Å². The predicted octanol–water partition coefficient (Wildman–Crippen LogP) is 3.76. The molecule has 4 amide bonds. The Labute approximate surface area is 184 Å². The van der Waals surface area contributed by atoms with Gasteiger partial charge in [-0.25, -0.2) is 9.59 Å². The van der Waals surface area contributed by atoms with Crippen molar-refractivity contribution in [3.05, 3.63) is 18.2 Å². The number of methoxy groups -OCH3 is 1. The van der Waals surface area contributed by atoms with Gasteiger partial charge in [0, 0.05) is 39.3 Å². The molecule has 1 aliphatic rings. The predicted molar refractivity (Wildman–Crippen MR) is 119 cm³/mol. The van der Waals surface area contributed by atoms with Gasteiger partial charge in [0.15, 0.2) is 0 Å². The second kappa shape index (κ2) is 10.4. The zero-order valence-corrected chi connectivity index (χ0v) is 19.3. The number of hydrogen-bond donors (Lipinski definition) is 2. The number of ether oxygens (including phenoxy) is 2. The second-order valence-electron chi connectivity index (χ2n) is 8.84. The van der Waals surface area contributed by atoms with Crippen LogP contribution in [0.1, 0.15) is 40.5 Å². The Morgan fingerprint density at radius 3 is 2.55 bits per heavy atom. The number of carbonyl (C=O) groups excluding carboxylic acids is 3. The van der Waals surface area contributed by atoms with E-state index in [1.807, 2.05) is 20.8 Å². The summed E-state index contributed by atoms with van der Waals surface area (Å²) < 4.78 is 10.7. The number of likely N-dealkylation sites (tertiary alicyclic amines) is 1. The summed E-state index contributed by atoms with van der Waals surface area (Å²) in [5.41, 5.74) is 0.500. The largest absolute Gasteiger partial charge is 0.495 e. The molecule has 31 heavy (non-hydrogen) atoms. The number of carbonyl (C=O) groups is 3. The Morgan fingerprint density at radius 1 is 1.23 bits per heavy atom. The molecule has 1 aromatic carbocycles. The summed E-state index contributed by atoms with van der Waals surface area (Å²) in [6.07, 6.45) is 1.41. The Hall–Kier alpha value is -2.97. The van der Waals surface area contributed by atoms with Crippen LogP contribution in [0.4, 0.5) is 21.0 Å². The number of nitrogens with zero attached hydrogens (tertiary/aromatic N) is 2. The van der Waals surface area contributed by atoms with Crippen LogP contribution in [-0.2, 0) is 9.53 Å². The number of hydrogen-bond acceptors (Lipinski definition) is 5. The summed E-state index contributed by atoms with van der Waals surface area (Å²) in [5.74, 6) is 0.459. The van der Waals surface area contributed by atoms with Gasteiger partial charge in [-0.3, -0.25) is 4.79 Å². The van der Waals surface area contributed by atoms with E-state index in [9.17, 15) is 14.4 Å². The van der Waals surface area contributed by atoms with E-state index in [1.54, 1.807) is 35.0 Å². The van der Waals surface area contributed by atoms with Crippen molar-refractivity contribution >= 4 is 29.4 Å². The highest BCUT2D eigenvalue weighted by Gasteiger charge is 2.27. The summed E-state index contributed by atoms with van der Waals surface area (Å²) in [6, 6.07) is 4.81. The highest BCUT2D eigenvalue weighted by Crippen LogP contribution is 2.29. The van der Waals surface area contributed by atoms with E-state index >= 15 is 0 Å². The molecule has 0 radical (unpaired) electrons. The van der Waals surface area contributed by atoms with Crippen LogP contribution in [0.2, 0.25) is 0 Å². The third-order valence-corrected chi connectivity index (χ3v) is 4.80. The van der Waals surface area contributed by atoms with E-state index in [2.05, 4.69) is 10.6 Å². The number of benzene rings is 1. The molecule has 9 heteroatoms. The van der Waals surface area contributed by atoms with Gasteiger partial charge in [0.25, 0.3) is 0 Å². The molecule has 0 bridgehead atoms. The standard InChI is InChI=1S/C22H34N4O5/c1-15(27)23-17-9-10-19(30-6)18(12-17)24-20(28)26-11-7-8-16(14-26)13-25(5)21(29)31-22(2,3)4/h9-10,12,16H,7-8,11,13-14H2,1-6H3,(H,23,27)(H,24,28). The van der Waals surface area contributed by atoms with Crippen LogP contribution in [-0.4, -0.2) is 67.2 Å². The Bertz CT molecular complexity index is 806. The molecule has 2 rings (SSSR count). The fraction of sp³-hybridized carbons (Fsp3) is 0.591. The lowest BCUT2D eigenvalue weighted by atomic mass is 9.98. The minimum Gasteiger partial charge on any atom is -0.495 e. The molecule has 1 aliphatic heterocycles. The lowest BCUT2D eigenvalue weighted by Gasteiger charge is -2.35. The number of piperidine rings is 1. The summed E-state index contributed by atoms with van der Waals surface area (Å²) >= 11 is 0. The second-order valence-corrected chi connectivity index (χ2v) is 8.84. The third kappa shape index (κ3) is 7.66. The van der Waals surface area contributed by atoms with Gasteiger partial charge in [0.1, 0.15) is 11.4 Å². The molecule has 172 valence electrons. The minimum atomic E-state index is -0.547. The van der Waals surface area contributed by atoms with Gasteiger partial charge in [-0.2, -0.15) is 0 Å². The normalized spacial score (nSPS) is 16.3. The first-order chi connectivity index (χ1) is 14.5. The number of amides is 4. The van der Waals surface area contributed by atoms with E-state index < -0.39 is 5.60 Å². The summed E-state index contributed by atoms with van der Waals surface area (Å²) in [7, 11) is 3.23. The molecule has 0 spiro atoms. The SMILES string of the molecule is COc1ccc(NC(C)=O)cc1NC(=O)N1CCCC(CN(C)C(=O)OC(C)(C)C)C1. The molecule has 1 saturated heterocycles. The molecular weight excluding hydrogens is 400 g/mol. The average Bonchev–Trinajstić information content (AvgIpc) is 2.66. The molecular formula is C22H34N4O5. The Kier molecular flexibility index (Phi) is 8.13. The van der Waals surface area contributed by atoms with E-state index in [1.165, 1.54) is 14.0 Å². The van der Waals surface area contributed by atoms with Crippen LogP contribution in [0.3, 0.4) is 0 Å². The van der Waals surface area contributed by atoms with Gasteiger partial charge < -0.3 is 29.9 Å². The van der Waals surface area contributed by atoms with Crippen LogP contribution in [0.15, 0.2) is 18.2 Å². The smallest absolute Gasteiger partial charge is 0.410 e. The summed E-state index contributed by atoms with van der Waals surface area (Å²) in [5, 5.41) is 5.57. The maximum Gasteiger partial charge on any atom is 0.410 e. The van der Waals surface area contributed by atoms with E-state index in [-0.39, 0.29) is 23.9 Å². The topological polar surface area (TPSA) is 100 Å². The maximum atomic E-state index is 12.9. The first-order valence-electron chi connectivity index (χ1n) is 10.4. The molecule has 1 unspecified atom stereocenters. The van der Waals surface area contributed by atoms with Gasteiger partial charge in [-0.1, -0.05) is 0 Å². The number of anilines is 2. The minimum absolute atomic E-state index is 0.157. The number of urea groups is 1. The molecule has 1 fully saturated rings. The van der Waals surface area contributed by atoms with Crippen LogP contribution >= 0.6 is 0 Å². The van der Waals surface area contributed by atoms with Gasteiger partial charge >= 0.3 is 12.1 Å². The van der Waals surface area contributed by atoms with Crippen molar-refractivity contribution in [2.75, 3.05) is 44.4 Å². The molecule has 0 aliphatic carbocycles. The molecule has 1 atom stereocenters. The quantitative estimate of drug-likeness (QED) is 0.735. The molecule has 1 aromatic rings. The number of nitrogens with one attached hydrogen (secondary N) is 2. The van der Waals surface area contributed by atoms with Crippen molar-refractivity contribution in [2.24, 2.45) is 5.92 Å². The molecule has 0 aromatic heterocycles. The lowest BCUT2D eigenvalue weighted by molar-refractivity contribution is -0.114. The van der Waals surface area contributed by atoms with Crippen molar-refractivity contribution in [1.82, 2.24) is 9.80 Å².